The number of anilines is 1. The van der Waals surface area contributed by atoms with Gasteiger partial charge in [0.05, 0.1) is 4.91 Å². The first-order valence-corrected chi connectivity index (χ1v) is 10.2. The number of amides is 1. The van der Waals surface area contributed by atoms with Gasteiger partial charge in [-0.2, -0.15) is 4.99 Å². The van der Waals surface area contributed by atoms with Crippen LogP contribution < -0.4 is 4.90 Å². The standard InChI is InChI=1S/C20H27N3OS/c1-3-22(4-2)17-11-9-16(10-12-17)15-18-19(24)21-20(25-18)23-13-7-5-6-8-14-23/h9-12,15H,3-8,13-14H2,1-2H3. The molecule has 0 N–H and O–H groups in total. The second-order valence-corrected chi connectivity index (χ2v) is 7.48. The van der Waals surface area contributed by atoms with Crippen molar-refractivity contribution in [2.24, 2.45) is 4.99 Å². The minimum absolute atomic E-state index is 0.0999. The predicted molar refractivity (Wildman–Crippen MR) is 108 cm³/mol. The Hall–Kier alpha value is -1.75. The van der Waals surface area contributed by atoms with Crippen molar-refractivity contribution in [1.29, 1.82) is 0 Å². The maximum atomic E-state index is 12.3. The third-order valence-corrected chi connectivity index (χ3v) is 5.85. The molecular weight excluding hydrogens is 330 g/mol. The van der Waals surface area contributed by atoms with Gasteiger partial charge in [-0.25, -0.2) is 0 Å². The van der Waals surface area contributed by atoms with E-state index in [1.807, 2.05) is 6.08 Å². The summed E-state index contributed by atoms with van der Waals surface area (Å²) < 4.78 is 0. The van der Waals surface area contributed by atoms with Crippen molar-refractivity contribution < 1.29 is 4.79 Å². The van der Waals surface area contributed by atoms with Gasteiger partial charge in [-0.1, -0.05) is 25.0 Å². The van der Waals surface area contributed by atoms with E-state index in [1.54, 1.807) is 0 Å². The van der Waals surface area contributed by atoms with Gasteiger partial charge in [-0.15, -0.1) is 0 Å². The zero-order valence-corrected chi connectivity index (χ0v) is 16.0. The van der Waals surface area contributed by atoms with Gasteiger partial charge >= 0.3 is 0 Å². The van der Waals surface area contributed by atoms with E-state index < -0.39 is 0 Å². The van der Waals surface area contributed by atoms with E-state index in [4.69, 9.17) is 0 Å². The highest BCUT2D eigenvalue weighted by atomic mass is 32.2. The first kappa shape index (κ1) is 18.1. The Bertz CT molecular complexity index is 654. The maximum Gasteiger partial charge on any atom is 0.286 e. The fourth-order valence-corrected chi connectivity index (χ4v) is 4.28. The second-order valence-electron chi connectivity index (χ2n) is 6.48. The molecule has 0 atom stereocenters. The Morgan fingerprint density at radius 2 is 1.72 bits per heavy atom. The largest absolute Gasteiger partial charge is 0.372 e. The summed E-state index contributed by atoms with van der Waals surface area (Å²) in [7, 11) is 0. The minimum atomic E-state index is -0.0999. The van der Waals surface area contributed by atoms with Crippen LogP contribution in [0.3, 0.4) is 0 Å². The molecule has 2 heterocycles. The lowest BCUT2D eigenvalue weighted by Crippen LogP contribution is -2.28. The molecule has 2 aliphatic heterocycles. The number of aliphatic imine (C=N–C) groups is 1. The average molecular weight is 358 g/mol. The molecule has 0 aromatic heterocycles. The number of benzene rings is 1. The fourth-order valence-electron chi connectivity index (χ4n) is 3.32. The van der Waals surface area contributed by atoms with Crippen LogP contribution in [0.15, 0.2) is 34.2 Å². The highest BCUT2D eigenvalue weighted by Crippen LogP contribution is 2.31. The van der Waals surface area contributed by atoms with Gasteiger partial charge in [0.15, 0.2) is 5.17 Å². The van der Waals surface area contributed by atoms with Gasteiger partial charge in [-0.05, 0) is 62.2 Å². The summed E-state index contributed by atoms with van der Waals surface area (Å²) in [5.74, 6) is -0.0999. The SMILES string of the molecule is CCN(CC)c1ccc(C=C2SC(N3CCCCCC3)=NC2=O)cc1. The second kappa shape index (κ2) is 8.56. The first-order chi connectivity index (χ1) is 12.2. The number of thioether (sulfide) groups is 1. The summed E-state index contributed by atoms with van der Waals surface area (Å²) in [6, 6.07) is 8.41. The number of nitrogens with zero attached hydrogens (tertiary/aromatic N) is 3. The van der Waals surface area contributed by atoms with Crippen LogP contribution in [0.1, 0.15) is 45.1 Å². The molecule has 134 valence electrons. The van der Waals surface area contributed by atoms with Crippen molar-refractivity contribution in [2.75, 3.05) is 31.1 Å². The first-order valence-electron chi connectivity index (χ1n) is 9.33. The van der Waals surface area contributed by atoms with Crippen molar-refractivity contribution in [3.8, 4) is 0 Å². The highest BCUT2D eigenvalue weighted by Gasteiger charge is 2.26. The van der Waals surface area contributed by atoms with Crippen molar-refractivity contribution in [2.45, 2.75) is 39.5 Å². The molecule has 1 saturated heterocycles. The van der Waals surface area contributed by atoms with Crippen LogP contribution in [0.4, 0.5) is 5.69 Å². The van der Waals surface area contributed by atoms with E-state index in [-0.39, 0.29) is 5.91 Å². The molecule has 0 radical (unpaired) electrons. The lowest BCUT2D eigenvalue weighted by molar-refractivity contribution is -0.113. The molecule has 5 heteroatoms. The summed E-state index contributed by atoms with van der Waals surface area (Å²) in [5, 5.41) is 0.887. The van der Waals surface area contributed by atoms with E-state index in [9.17, 15) is 4.79 Å². The molecular formula is C20H27N3OS. The van der Waals surface area contributed by atoms with Crippen molar-refractivity contribution in [3.05, 3.63) is 34.7 Å². The average Bonchev–Trinajstić information content (AvgIpc) is 2.84. The monoisotopic (exact) mass is 357 g/mol. The van der Waals surface area contributed by atoms with Crippen LogP contribution in [0.5, 0.6) is 0 Å². The summed E-state index contributed by atoms with van der Waals surface area (Å²) in [4.78, 5) is 21.9. The van der Waals surface area contributed by atoms with E-state index in [1.165, 1.54) is 43.1 Å². The van der Waals surface area contributed by atoms with E-state index in [0.29, 0.717) is 0 Å². The Balaban J connectivity index is 1.69. The number of hydrogen-bond acceptors (Lipinski definition) is 4. The van der Waals surface area contributed by atoms with E-state index in [2.05, 4.69) is 52.9 Å². The molecule has 1 amide bonds. The van der Waals surface area contributed by atoms with Crippen molar-refractivity contribution >= 4 is 34.6 Å². The predicted octanol–water partition coefficient (Wildman–Crippen LogP) is 4.38. The van der Waals surface area contributed by atoms with E-state index in [0.717, 1.165) is 41.8 Å². The normalized spacial score (nSPS) is 19.9. The Morgan fingerprint density at radius 1 is 1.08 bits per heavy atom. The smallest absolute Gasteiger partial charge is 0.286 e. The van der Waals surface area contributed by atoms with Crippen molar-refractivity contribution in [1.82, 2.24) is 4.90 Å². The molecule has 0 saturated carbocycles. The Labute approximate surface area is 155 Å². The van der Waals surface area contributed by atoms with Gasteiger partial charge in [0.2, 0.25) is 0 Å². The lowest BCUT2D eigenvalue weighted by atomic mass is 10.2. The molecule has 1 aromatic rings. The topological polar surface area (TPSA) is 35.9 Å². The quantitative estimate of drug-likeness (QED) is 0.749. The summed E-state index contributed by atoms with van der Waals surface area (Å²) in [6.07, 6.45) is 6.92. The van der Waals surface area contributed by atoms with Crippen molar-refractivity contribution in [3.63, 3.8) is 0 Å². The third-order valence-electron chi connectivity index (χ3n) is 4.81. The number of hydrogen-bond donors (Lipinski definition) is 0. The summed E-state index contributed by atoms with van der Waals surface area (Å²) >= 11 is 1.53. The van der Waals surface area contributed by atoms with Gasteiger partial charge in [0.25, 0.3) is 5.91 Å². The van der Waals surface area contributed by atoms with Gasteiger partial charge in [0, 0.05) is 31.9 Å². The zero-order valence-electron chi connectivity index (χ0n) is 15.2. The summed E-state index contributed by atoms with van der Waals surface area (Å²) in [5.41, 5.74) is 2.28. The molecule has 1 fully saturated rings. The molecule has 2 aliphatic rings. The van der Waals surface area contributed by atoms with Crippen LogP contribution in [0.2, 0.25) is 0 Å². The zero-order chi connectivity index (χ0) is 17.6. The Kier molecular flexibility index (Phi) is 6.19. The molecule has 0 aliphatic carbocycles. The molecule has 4 nitrogen and oxygen atoms in total. The number of carbonyl (C=O) groups excluding carboxylic acids is 1. The van der Waals surface area contributed by atoms with Crippen LogP contribution in [-0.2, 0) is 4.79 Å². The summed E-state index contributed by atoms with van der Waals surface area (Å²) in [6.45, 7) is 8.36. The number of carbonyl (C=O) groups is 1. The lowest BCUT2D eigenvalue weighted by Gasteiger charge is -2.21. The minimum Gasteiger partial charge on any atom is -0.372 e. The fraction of sp³-hybridized carbons (Fsp3) is 0.500. The molecule has 0 unspecified atom stereocenters. The maximum absolute atomic E-state index is 12.3. The van der Waals surface area contributed by atoms with E-state index >= 15 is 0 Å². The number of amidine groups is 1. The van der Waals surface area contributed by atoms with Gasteiger partial charge in [0.1, 0.15) is 0 Å². The number of rotatable bonds is 4. The number of likely N-dealkylation sites (tertiary alicyclic amines) is 1. The molecule has 0 bridgehead atoms. The van der Waals surface area contributed by atoms with Crippen LogP contribution in [0.25, 0.3) is 6.08 Å². The Morgan fingerprint density at radius 3 is 2.32 bits per heavy atom. The third kappa shape index (κ3) is 4.46. The van der Waals surface area contributed by atoms with Gasteiger partial charge in [-0.3, -0.25) is 4.79 Å². The van der Waals surface area contributed by atoms with Crippen LogP contribution in [0, 0.1) is 0 Å². The molecule has 0 spiro atoms. The highest BCUT2D eigenvalue weighted by molar-refractivity contribution is 8.18. The van der Waals surface area contributed by atoms with Crippen LogP contribution >= 0.6 is 11.8 Å². The van der Waals surface area contributed by atoms with Gasteiger partial charge < -0.3 is 9.80 Å². The molecule has 1 aromatic carbocycles. The molecule has 3 rings (SSSR count). The van der Waals surface area contributed by atoms with Crippen LogP contribution in [-0.4, -0.2) is 42.2 Å². The molecule has 25 heavy (non-hydrogen) atoms.